The lowest BCUT2D eigenvalue weighted by Crippen LogP contribution is -2.06. The molecule has 0 fully saturated rings. The van der Waals surface area contributed by atoms with Crippen LogP contribution >= 0.6 is 15.9 Å². The van der Waals surface area contributed by atoms with Crippen LogP contribution in [-0.4, -0.2) is 33.2 Å². The van der Waals surface area contributed by atoms with Gasteiger partial charge in [0.15, 0.2) is 5.69 Å². The maximum atomic E-state index is 10.9. The molecule has 1 N–H and O–H groups in total. The van der Waals surface area contributed by atoms with E-state index in [2.05, 4.69) is 26.2 Å². The highest BCUT2D eigenvalue weighted by Gasteiger charge is 2.15. The summed E-state index contributed by atoms with van der Waals surface area (Å²) in [5.74, 6) is -0.345. The van der Waals surface area contributed by atoms with Gasteiger partial charge in [0.25, 0.3) is 0 Å². The van der Waals surface area contributed by atoms with Crippen molar-refractivity contribution in [2.45, 2.75) is 13.5 Å². The number of nitrogens with zero attached hydrogens (tertiary/aromatic N) is 3. The first-order valence-corrected chi connectivity index (χ1v) is 6.28. The standard InChI is InChI=1S/C12H12BrN3O3/c1-7-11(12(17)18)14-15-16(7)6-8-5-9(19-2)3-4-10(8)13/h3-5H,6H2,1-2H3,(H,17,18). The molecular weight excluding hydrogens is 314 g/mol. The summed E-state index contributed by atoms with van der Waals surface area (Å²) < 4.78 is 7.61. The fourth-order valence-electron chi connectivity index (χ4n) is 1.67. The van der Waals surface area contributed by atoms with Crippen molar-refractivity contribution in [2.24, 2.45) is 0 Å². The Kier molecular flexibility index (Phi) is 3.84. The van der Waals surface area contributed by atoms with Gasteiger partial charge in [0.05, 0.1) is 19.3 Å². The molecule has 2 aromatic rings. The molecule has 0 spiro atoms. The molecule has 2 rings (SSSR count). The molecule has 100 valence electrons. The molecule has 0 radical (unpaired) electrons. The van der Waals surface area contributed by atoms with Crippen molar-refractivity contribution >= 4 is 21.9 Å². The largest absolute Gasteiger partial charge is 0.497 e. The average molecular weight is 326 g/mol. The quantitative estimate of drug-likeness (QED) is 0.931. The number of aromatic carboxylic acids is 1. The molecule has 7 heteroatoms. The maximum Gasteiger partial charge on any atom is 0.358 e. The highest BCUT2D eigenvalue weighted by Crippen LogP contribution is 2.23. The molecule has 0 aliphatic heterocycles. The van der Waals surface area contributed by atoms with Gasteiger partial charge in [-0.15, -0.1) is 5.10 Å². The molecule has 0 bridgehead atoms. The Labute approximate surface area is 118 Å². The van der Waals surface area contributed by atoms with Crippen LogP contribution in [0.5, 0.6) is 5.75 Å². The molecule has 0 saturated carbocycles. The van der Waals surface area contributed by atoms with E-state index in [0.29, 0.717) is 12.2 Å². The fraction of sp³-hybridized carbons (Fsp3) is 0.250. The molecule has 1 heterocycles. The molecule has 0 atom stereocenters. The summed E-state index contributed by atoms with van der Waals surface area (Å²) in [6.07, 6.45) is 0. The van der Waals surface area contributed by atoms with Gasteiger partial charge < -0.3 is 9.84 Å². The third-order valence-electron chi connectivity index (χ3n) is 2.76. The van der Waals surface area contributed by atoms with Gasteiger partial charge in [-0.25, -0.2) is 9.48 Å². The van der Waals surface area contributed by atoms with Crippen LogP contribution in [0.4, 0.5) is 0 Å². The minimum Gasteiger partial charge on any atom is -0.497 e. The second-order valence-electron chi connectivity index (χ2n) is 3.94. The monoisotopic (exact) mass is 325 g/mol. The normalized spacial score (nSPS) is 10.5. The average Bonchev–Trinajstić information content (AvgIpc) is 2.74. The fourth-order valence-corrected chi connectivity index (χ4v) is 2.04. The van der Waals surface area contributed by atoms with Crippen molar-refractivity contribution in [3.8, 4) is 5.75 Å². The van der Waals surface area contributed by atoms with E-state index in [4.69, 9.17) is 9.84 Å². The van der Waals surface area contributed by atoms with E-state index in [1.807, 2.05) is 18.2 Å². The summed E-state index contributed by atoms with van der Waals surface area (Å²) in [6, 6.07) is 5.58. The zero-order valence-electron chi connectivity index (χ0n) is 10.4. The third-order valence-corrected chi connectivity index (χ3v) is 3.53. The zero-order chi connectivity index (χ0) is 14.0. The topological polar surface area (TPSA) is 77.2 Å². The minimum absolute atomic E-state index is 0.0287. The number of rotatable bonds is 4. The SMILES string of the molecule is COc1ccc(Br)c(Cn2nnc(C(=O)O)c2C)c1. The highest BCUT2D eigenvalue weighted by molar-refractivity contribution is 9.10. The summed E-state index contributed by atoms with van der Waals surface area (Å²) in [5, 5.41) is 16.4. The summed E-state index contributed by atoms with van der Waals surface area (Å²) >= 11 is 3.44. The van der Waals surface area contributed by atoms with Crippen molar-refractivity contribution in [1.29, 1.82) is 0 Å². The first-order valence-electron chi connectivity index (χ1n) is 5.48. The Morgan fingerprint density at radius 1 is 1.53 bits per heavy atom. The molecule has 1 aromatic carbocycles. The number of ether oxygens (including phenoxy) is 1. The first kappa shape index (κ1) is 13.5. The van der Waals surface area contributed by atoms with E-state index in [-0.39, 0.29) is 5.69 Å². The lowest BCUT2D eigenvalue weighted by atomic mass is 10.2. The lowest BCUT2D eigenvalue weighted by Gasteiger charge is -2.08. The van der Waals surface area contributed by atoms with Gasteiger partial charge in [0, 0.05) is 4.47 Å². The van der Waals surface area contributed by atoms with Gasteiger partial charge in [-0.3, -0.25) is 0 Å². The number of halogens is 1. The Morgan fingerprint density at radius 3 is 2.84 bits per heavy atom. The lowest BCUT2D eigenvalue weighted by molar-refractivity contribution is 0.0689. The van der Waals surface area contributed by atoms with Gasteiger partial charge in [-0.2, -0.15) is 0 Å². The van der Waals surface area contributed by atoms with E-state index >= 15 is 0 Å². The summed E-state index contributed by atoms with van der Waals surface area (Å²) in [6.45, 7) is 2.10. The zero-order valence-corrected chi connectivity index (χ0v) is 12.0. The predicted octanol–water partition coefficient (Wildman–Crippen LogP) is 2.10. The van der Waals surface area contributed by atoms with Crippen LogP contribution in [0.2, 0.25) is 0 Å². The number of carboxylic acid groups (broad SMARTS) is 1. The molecule has 0 amide bonds. The highest BCUT2D eigenvalue weighted by atomic mass is 79.9. The molecule has 19 heavy (non-hydrogen) atoms. The van der Waals surface area contributed by atoms with E-state index in [9.17, 15) is 4.79 Å². The first-order chi connectivity index (χ1) is 9.02. The summed E-state index contributed by atoms with van der Waals surface area (Å²) in [7, 11) is 1.59. The minimum atomic E-state index is -1.08. The Morgan fingerprint density at radius 2 is 2.26 bits per heavy atom. The van der Waals surface area contributed by atoms with Crippen molar-refractivity contribution in [3.05, 3.63) is 39.6 Å². The van der Waals surface area contributed by atoms with Crippen LogP contribution in [0, 0.1) is 6.92 Å². The number of benzene rings is 1. The molecule has 0 unspecified atom stereocenters. The van der Waals surface area contributed by atoms with Crippen molar-refractivity contribution in [1.82, 2.24) is 15.0 Å². The molecule has 0 aliphatic carbocycles. The van der Waals surface area contributed by atoms with Crippen molar-refractivity contribution in [2.75, 3.05) is 7.11 Å². The number of hydrogen-bond acceptors (Lipinski definition) is 4. The maximum absolute atomic E-state index is 10.9. The smallest absolute Gasteiger partial charge is 0.358 e. The van der Waals surface area contributed by atoms with Gasteiger partial charge >= 0.3 is 5.97 Å². The van der Waals surface area contributed by atoms with E-state index in [1.165, 1.54) is 0 Å². The van der Waals surface area contributed by atoms with Crippen LogP contribution in [0.15, 0.2) is 22.7 Å². The molecule has 0 saturated heterocycles. The van der Waals surface area contributed by atoms with Gasteiger partial charge in [-0.05, 0) is 30.7 Å². The Bertz CT molecular complexity index is 625. The van der Waals surface area contributed by atoms with E-state index < -0.39 is 5.97 Å². The number of carbonyl (C=O) groups is 1. The van der Waals surface area contributed by atoms with E-state index in [1.54, 1.807) is 18.7 Å². The van der Waals surface area contributed by atoms with Gasteiger partial charge in [0.2, 0.25) is 0 Å². The molecule has 1 aromatic heterocycles. The van der Waals surface area contributed by atoms with Crippen LogP contribution < -0.4 is 4.74 Å². The number of hydrogen-bond donors (Lipinski definition) is 1. The second-order valence-corrected chi connectivity index (χ2v) is 4.80. The molecule has 0 aliphatic rings. The van der Waals surface area contributed by atoms with Crippen molar-refractivity contribution in [3.63, 3.8) is 0 Å². The predicted molar refractivity (Wildman–Crippen MR) is 71.5 cm³/mol. The third kappa shape index (κ3) is 2.76. The second kappa shape index (κ2) is 5.40. The van der Waals surface area contributed by atoms with Crippen LogP contribution in [0.25, 0.3) is 0 Å². The van der Waals surface area contributed by atoms with Gasteiger partial charge in [0.1, 0.15) is 5.75 Å². The summed E-state index contributed by atoms with van der Waals surface area (Å²) in [5.41, 5.74) is 1.42. The number of carboxylic acids is 1. The number of methoxy groups -OCH3 is 1. The Hall–Kier alpha value is -1.89. The van der Waals surface area contributed by atoms with E-state index in [0.717, 1.165) is 15.8 Å². The van der Waals surface area contributed by atoms with Crippen LogP contribution in [-0.2, 0) is 6.54 Å². The van der Waals surface area contributed by atoms with Crippen LogP contribution in [0.1, 0.15) is 21.7 Å². The van der Waals surface area contributed by atoms with Crippen LogP contribution in [0.3, 0.4) is 0 Å². The Balaban J connectivity index is 2.33. The molecular formula is C12H12BrN3O3. The number of aromatic nitrogens is 3. The van der Waals surface area contributed by atoms with Gasteiger partial charge in [-0.1, -0.05) is 21.1 Å². The summed E-state index contributed by atoms with van der Waals surface area (Å²) in [4.78, 5) is 10.9. The molecule has 6 nitrogen and oxygen atoms in total. The van der Waals surface area contributed by atoms with Crippen molar-refractivity contribution < 1.29 is 14.6 Å².